The number of aromatic nitrogens is 2. The van der Waals surface area contributed by atoms with Crippen LogP contribution in [0.2, 0.25) is 5.02 Å². The third-order valence-electron chi connectivity index (χ3n) is 7.21. The fourth-order valence-electron chi connectivity index (χ4n) is 4.98. The van der Waals surface area contributed by atoms with Crippen LogP contribution in [0.25, 0.3) is 0 Å². The molecule has 12 nitrogen and oxygen atoms in total. The van der Waals surface area contributed by atoms with Crippen LogP contribution in [0.4, 0.5) is 22.0 Å². The zero-order valence-corrected chi connectivity index (χ0v) is 26.3. The number of benzene rings is 1. The highest BCUT2D eigenvalue weighted by molar-refractivity contribution is 6.30. The van der Waals surface area contributed by atoms with Gasteiger partial charge < -0.3 is 34.6 Å². The zero-order valence-electron chi connectivity index (χ0n) is 25.5. The zero-order chi connectivity index (χ0) is 32.0. The normalized spacial score (nSPS) is 15.7. The first-order valence-corrected chi connectivity index (χ1v) is 15.2. The van der Waals surface area contributed by atoms with E-state index in [0.717, 1.165) is 18.8 Å². The van der Waals surface area contributed by atoms with Crippen LogP contribution in [-0.4, -0.2) is 83.9 Å². The number of amides is 3. The fourth-order valence-corrected chi connectivity index (χ4v) is 5.09. The van der Waals surface area contributed by atoms with E-state index in [0.29, 0.717) is 61.3 Å². The summed E-state index contributed by atoms with van der Waals surface area (Å²) in [5, 5.41) is 5.94. The van der Waals surface area contributed by atoms with E-state index in [4.69, 9.17) is 25.8 Å². The Kier molecular flexibility index (Phi) is 10.0. The number of piperidine rings is 1. The van der Waals surface area contributed by atoms with Gasteiger partial charge in [0.2, 0.25) is 0 Å². The molecular formula is C32H37ClN6O6. The molecule has 2 aliphatic heterocycles. The molecule has 2 aromatic heterocycles. The van der Waals surface area contributed by atoms with Crippen LogP contribution in [-0.2, 0) is 9.47 Å². The van der Waals surface area contributed by atoms with Crippen molar-refractivity contribution in [1.29, 1.82) is 0 Å². The summed E-state index contributed by atoms with van der Waals surface area (Å²) in [6.07, 6.45) is 3.47. The number of hydrogen-bond acceptors (Lipinski definition) is 9. The number of hydrogen-bond donors (Lipinski definition) is 2. The quantitative estimate of drug-likeness (QED) is 0.356. The van der Waals surface area contributed by atoms with Crippen molar-refractivity contribution >= 4 is 46.7 Å². The highest BCUT2D eigenvalue weighted by Gasteiger charge is 2.29. The second-order valence-electron chi connectivity index (χ2n) is 11.7. The Morgan fingerprint density at radius 2 is 1.71 bits per heavy atom. The summed E-state index contributed by atoms with van der Waals surface area (Å²) < 4.78 is 17.5. The Labute approximate surface area is 267 Å². The van der Waals surface area contributed by atoms with Crippen molar-refractivity contribution < 1.29 is 28.6 Å². The third-order valence-corrected chi connectivity index (χ3v) is 7.44. The first-order valence-electron chi connectivity index (χ1n) is 14.9. The number of ether oxygens (including phenoxy) is 3. The van der Waals surface area contributed by atoms with Crippen LogP contribution in [0, 0.1) is 0 Å². The molecule has 0 unspecified atom stereocenters. The highest BCUT2D eigenvalue weighted by atomic mass is 35.5. The monoisotopic (exact) mass is 636 g/mol. The van der Waals surface area contributed by atoms with Crippen molar-refractivity contribution in [3.63, 3.8) is 0 Å². The molecule has 13 heteroatoms. The van der Waals surface area contributed by atoms with Crippen LogP contribution < -0.4 is 20.3 Å². The number of nitrogens with one attached hydrogen (secondary N) is 2. The van der Waals surface area contributed by atoms with Crippen LogP contribution in [0.3, 0.4) is 0 Å². The average molecular weight is 637 g/mol. The minimum Gasteiger partial charge on any atom is -0.489 e. The van der Waals surface area contributed by atoms with E-state index in [1.54, 1.807) is 35.2 Å². The predicted molar refractivity (Wildman–Crippen MR) is 170 cm³/mol. The minimum absolute atomic E-state index is 0.0181. The molecule has 2 aliphatic rings. The average Bonchev–Trinajstić information content (AvgIpc) is 3.02. The van der Waals surface area contributed by atoms with E-state index in [2.05, 4.69) is 25.5 Å². The van der Waals surface area contributed by atoms with Crippen molar-refractivity contribution in [1.82, 2.24) is 14.9 Å². The van der Waals surface area contributed by atoms with Gasteiger partial charge in [0, 0.05) is 63.2 Å². The van der Waals surface area contributed by atoms with Crippen molar-refractivity contribution in [2.24, 2.45) is 0 Å². The maximum absolute atomic E-state index is 13.7. The SMILES string of the molecule is CC(C)(C)OC(=O)N1CCC(Oc2cc(N3CCOCC3)ccc2C(=O)Nc2cccnc2C(=O)Nc2ccc(Cl)cn2)CC1. The summed E-state index contributed by atoms with van der Waals surface area (Å²) in [6, 6.07) is 11.9. The van der Waals surface area contributed by atoms with Crippen LogP contribution >= 0.6 is 11.6 Å². The molecule has 0 saturated carbocycles. The van der Waals surface area contributed by atoms with Crippen LogP contribution in [0.15, 0.2) is 54.9 Å². The first-order chi connectivity index (χ1) is 21.6. The van der Waals surface area contributed by atoms with Gasteiger partial charge in [0.1, 0.15) is 23.3 Å². The largest absolute Gasteiger partial charge is 0.489 e. The maximum atomic E-state index is 13.7. The van der Waals surface area contributed by atoms with E-state index in [1.807, 2.05) is 32.9 Å². The number of halogens is 1. The van der Waals surface area contributed by atoms with E-state index in [1.165, 1.54) is 12.4 Å². The van der Waals surface area contributed by atoms with Crippen molar-refractivity contribution in [3.05, 3.63) is 71.1 Å². The molecule has 4 heterocycles. The standard InChI is InChI=1S/C32H37ClN6O6/c1-32(2,3)45-31(42)39-13-10-23(11-14-39)44-26-19-22(38-15-17-43-18-16-38)7-8-24(26)29(40)36-25-5-4-12-34-28(25)30(41)37-27-9-6-21(33)20-35-27/h4-9,12,19-20,23H,10-11,13-18H2,1-3H3,(H,36,40)(H,35,37,41). The summed E-state index contributed by atoms with van der Waals surface area (Å²) in [7, 11) is 0. The van der Waals surface area contributed by atoms with E-state index < -0.39 is 17.4 Å². The number of pyridine rings is 2. The highest BCUT2D eigenvalue weighted by Crippen LogP contribution is 2.31. The van der Waals surface area contributed by atoms with Gasteiger partial charge in [-0.3, -0.25) is 9.59 Å². The fraction of sp³-hybridized carbons (Fsp3) is 0.406. The maximum Gasteiger partial charge on any atom is 0.410 e. The molecule has 3 aromatic rings. The Bertz CT molecular complexity index is 1520. The molecular weight excluding hydrogens is 600 g/mol. The van der Waals surface area contributed by atoms with Crippen molar-refractivity contribution in [2.75, 3.05) is 54.9 Å². The molecule has 0 atom stereocenters. The number of morpholine rings is 1. The summed E-state index contributed by atoms with van der Waals surface area (Å²) in [5.74, 6) is -0.306. The van der Waals surface area contributed by atoms with Crippen LogP contribution in [0.5, 0.6) is 5.75 Å². The Hall–Kier alpha value is -4.42. The lowest BCUT2D eigenvalue weighted by Gasteiger charge is -2.34. The minimum atomic E-state index is -0.575. The topological polar surface area (TPSA) is 135 Å². The molecule has 2 N–H and O–H groups in total. The van der Waals surface area contributed by atoms with Crippen molar-refractivity contribution in [2.45, 2.75) is 45.3 Å². The van der Waals surface area contributed by atoms with Gasteiger partial charge in [-0.05, 0) is 57.2 Å². The van der Waals surface area contributed by atoms with Gasteiger partial charge in [-0.1, -0.05) is 11.6 Å². The molecule has 0 aliphatic carbocycles. The molecule has 5 rings (SSSR count). The molecule has 1 aromatic carbocycles. The molecule has 2 fully saturated rings. The van der Waals surface area contributed by atoms with E-state index >= 15 is 0 Å². The number of anilines is 3. The lowest BCUT2D eigenvalue weighted by Crippen LogP contribution is -2.44. The van der Waals surface area contributed by atoms with Gasteiger partial charge in [0.15, 0.2) is 5.69 Å². The molecule has 0 spiro atoms. The van der Waals surface area contributed by atoms with Crippen LogP contribution in [0.1, 0.15) is 54.5 Å². The molecule has 3 amide bonds. The van der Waals surface area contributed by atoms with Gasteiger partial charge in [0.25, 0.3) is 11.8 Å². The lowest BCUT2D eigenvalue weighted by atomic mass is 10.1. The van der Waals surface area contributed by atoms with Gasteiger partial charge in [-0.2, -0.15) is 0 Å². The number of nitrogens with zero attached hydrogens (tertiary/aromatic N) is 4. The van der Waals surface area contributed by atoms with E-state index in [-0.39, 0.29) is 23.6 Å². The Morgan fingerprint density at radius 1 is 0.956 bits per heavy atom. The molecule has 0 bridgehead atoms. The second-order valence-corrected chi connectivity index (χ2v) is 12.2. The number of carbonyl (C=O) groups is 3. The molecule has 45 heavy (non-hydrogen) atoms. The summed E-state index contributed by atoms with van der Waals surface area (Å²) in [6.45, 7) is 9.12. The second kappa shape index (κ2) is 14.1. The summed E-state index contributed by atoms with van der Waals surface area (Å²) in [4.78, 5) is 51.5. The third kappa shape index (κ3) is 8.61. The molecule has 2 saturated heterocycles. The molecule has 238 valence electrons. The summed E-state index contributed by atoms with van der Waals surface area (Å²) in [5.41, 5.74) is 0.880. The smallest absolute Gasteiger partial charge is 0.410 e. The van der Waals surface area contributed by atoms with Gasteiger partial charge >= 0.3 is 6.09 Å². The van der Waals surface area contributed by atoms with Gasteiger partial charge in [-0.25, -0.2) is 14.8 Å². The predicted octanol–water partition coefficient (Wildman–Crippen LogP) is 5.25. The number of likely N-dealkylation sites (tertiary alicyclic amines) is 1. The van der Waals surface area contributed by atoms with Crippen molar-refractivity contribution in [3.8, 4) is 5.75 Å². The van der Waals surface area contributed by atoms with Gasteiger partial charge in [-0.15, -0.1) is 0 Å². The Balaban J connectivity index is 1.33. The molecule has 0 radical (unpaired) electrons. The number of rotatable bonds is 7. The van der Waals surface area contributed by atoms with Gasteiger partial charge in [0.05, 0.1) is 29.5 Å². The summed E-state index contributed by atoms with van der Waals surface area (Å²) >= 11 is 5.90. The Morgan fingerprint density at radius 3 is 2.40 bits per heavy atom. The lowest BCUT2D eigenvalue weighted by molar-refractivity contribution is 0.0126. The van der Waals surface area contributed by atoms with E-state index in [9.17, 15) is 14.4 Å². The first kappa shape index (κ1) is 32.0. The number of carbonyl (C=O) groups excluding carboxylic acids is 3.